The van der Waals surface area contributed by atoms with Gasteiger partial charge < -0.3 is 0 Å². The van der Waals surface area contributed by atoms with E-state index >= 15 is 0 Å². The van der Waals surface area contributed by atoms with Gasteiger partial charge in [0.15, 0.2) is 0 Å². The van der Waals surface area contributed by atoms with E-state index in [1.807, 2.05) is 18.2 Å². The first kappa shape index (κ1) is 13.5. The number of imidazole rings is 1. The maximum Gasteiger partial charge on any atom is 0.115 e. The van der Waals surface area contributed by atoms with Crippen molar-refractivity contribution in [3.05, 3.63) is 58.9 Å². The fourth-order valence-electron chi connectivity index (χ4n) is 2.41. The number of aryl methyl sites for hydroxylation is 2. The van der Waals surface area contributed by atoms with Crippen LogP contribution in [0.2, 0.25) is 5.02 Å². The fourth-order valence-corrected chi connectivity index (χ4v) is 2.75. The smallest absolute Gasteiger partial charge is 0.115 e. The van der Waals surface area contributed by atoms with Gasteiger partial charge in [-0.2, -0.15) is 0 Å². The molecule has 0 N–H and O–H groups in total. The maximum atomic E-state index is 6.05. The molecule has 0 spiro atoms. The van der Waals surface area contributed by atoms with Crippen molar-refractivity contribution in [1.82, 2.24) is 9.55 Å². The van der Waals surface area contributed by atoms with E-state index in [0.717, 1.165) is 29.0 Å². The van der Waals surface area contributed by atoms with E-state index in [-0.39, 0.29) is 0 Å². The molecular weight excluding hydrogens is 291 g/mol. The lowest BCUT2D eigenvalue weighted by atomic mass is 10.2. The summed E-state index contributed by atoms with van der Waals surface area (Å²) < 4.78 is 2.15. The molecule has 0 bridgehead atoms. The number of fused-ring (bicyclic) bond motifs is 1. The lowest BCUT2D eigenvalue weighted by molar-refractivity contribution is 0.911. The molecule has 3 rings (SSSR count). The Morgan fingerprint density at radius 3 is 2.75 bits per heavy atom. The van der Waals surface area contributed by atoms with Crippen LogP contribution in [0.4, 0.5) is 0 Å². The van der Waals surface area contributed by atoms with Gasteiger partial charge in [0.2, 0.25) is 0 Å². The second-order valence-electron chi connectivity index (χ2n) is 4.77. The van der Waals surface area contributed by atoms with E-state index in [1.165, 1.54) is 5.56 Å². The zero-order chi connectivity index (χ0) is 14.1. The minimum Gasteiger partial charge on any atom is -0.296 e. The van der Waals surface area contributed by atoms with Crippen LogP contribution in [0.25, 0.3) is 16.7 Å². The van der Waals surface area contributed by atoms with Crippen molar-refractivity contribution in [2.75, 3.05) is 5.88 Å². The summed E-state index contributed by atoms with van der Waals surface area (Å²) in [5.41, 5.74) is 4.28. The predicted octanol–water partition coefficient (Wildman–Crippen LogP) is 4.77. The summed E-state index contributed by atoms with van der Waals surface area (Å²) in [6, 6.07) is 14.2. The number of nitrogens with zero attached hydrogens (tertiary/aromatic N) is 2. The number of hydrogen-bond donors (Lipinski definition) is 0. The summed E-state index contributed by atoms with van der Waals surface area (Å²) in [6.07, 6.45) is 0.724. The molecule has 1 aromatic heterocycles. The van der Waals surface area contributed by atoms with Crippen LogP contribution in [0.1, 0.15) is 11.4 Å². The Morgan fingerprint density at radius 2 is 2.00 bits per heavy atom. The topological polar surface area (TPSA) is 17.8 Å². The summed E-state index contributed by atoms with van der Waals surface area (Å²) in [5, 5.41) is 0.698. The Kier molecular flexibility index (Phi) is 3.68. The quantitative estimate of drug-likeness (QED) is 0.637. The average Bonchev–Trinajstić information content (AvgIpc) is 2.76. The summed E-state index contributed by atoms with van der Waals surface area (Å²) in [6.45, 7) is 2.08. The Bertz CT molecular complexity index is 762. The number of halogens is 2. The molecule has 2 nitrogen and oxygen atoms in total. The van der Waals surface area contributed by atoms with Crippen molar-refractivity contribution in [2.45, 2.75) is 13.3 Å². The van der Waals surface area contributed by atoms with E-state index < -0.39 is 0 Å². The third-order valence-corrected chi connectivity index (χ3v) is 3.69. The number of hydrogen-bond acceptors (Lipinski definition) is 1. The van der Waals surface area contributed by atoms with Gasteiger partial charge in [-0.25, -0.2) is 4.98 Å². The first-order valence-corrected chi connectivity index (χ1v) is 7.40. The highest BCUT2D eigenvalue weighted by molar-refractivity contribution is 6.31. The highest BCUT2D eigenvalue weighted by atomic mass is 35.5. The highest BCUT2D eigenvalue weighted by Crippen LogP contribution is 2.25. The van der Waals surface area contributed by atoms with Gasteiger partial charge in [-0.15, -0.1) is 11.6 Å². The van der Waals surface area contributed by atoms with Crippen LogP contribution in [-0.4, -0.2) is 15.4 Å². The van der Waals surface area contributed by atoms with Crippen molar-refractivity contribution in [3.63, 3.8) is 0 Å². The molecule has 0 atom stereocenters. The SMILES string of the molecule is Cc1cccc(-n2c(CCCl)nc3cc(Cl)ccc32)c1. The molecule has 0 aliphatic rings. The van der Waals surface area contributed by atoms with Crippen molar-refractivity contribution < 1.29 is 0 Å². The third kappa shape index (κ3) is 2.41. The minimum absolute atomic E-state index is 0.545. The maximum absolute atomic E-state index is 6.05. The van der Waals surface area contributed by atoms with Crippen LogP contribution >= 0.6 is 23.2 Å². The van der Waals surface area contributed by atoms with Gasteiger partial charge in [-0.05, 0) is 42.8 Å². The molecule has 0 aliphatic heterocycles. The molecule has 1 heterocycles. The minimum atomic E-state index is 0.545. The molecule has 0 saturated heterocycles. The molecular formula is C16H14Cl2N2. The number of alkyl halides is 1. The molecule has 0 aliphatic carbocycles. The van der Waals surface area contributed by atoms with Crippen molar-refractivity contribution >= 4 is 34.2 Å². The van der Waals surface area contributed by atoms with Gasteiger partial charge >= 0.3 is 0 Å². The van der Waals surface area contributed by atoms with Crippen molar-refractivity contribution in [2.24, 2.45) is 0 Å². The Balaban J connectivity index is 2.28. The summed E-state index contributed by atoms with van der Waals surface area (Å²) >= 11 is 12.0. The first-order valence-electron chi connectivity index (χ1n) is 6.49. The molecule has 0 saturated carbocycles. The standard InChI is InChI=1S/C16H14Cl2N2/c1-11-3-2-4-13(9-11)20-15-6-5-12(18)10-14(15)19-16(20)7-8-17/h2-6,9-10H,7-8H2,1H3. The van der Waals surface area contributed by atoms with Gasteiger partial charge in [0.1, 0.15) is 5.82 Å². The van der Waals surface area contributed by atoms with Crippen LogP contribution in [0.5, 0.6) is 0 Å². The van der Waals surface area contributed by atoms with Crippen LogP contribution in [0.15, 0.2) is 42.5 Å². The first-order chi connectivity index (χ1) is 9.69. The lowest BCUT2D eigenvalue weighted by Crippen LogP contribution is -2.02. The molecule has 0 radical (unpaired) electrons. The van der Waals surface area contributed by atoms with Crippen molar-refractivity contribution in [3.8, 4) is 5.69 Å². The number of rotatable bonds is 3. The predicted molar refractivity (Wildman–Crippen MR) is 85.2 cm³/mol. The third-order valence-electron chi connectivity index (χ3n) is 3.26. The molecule has 2 aromatic carbocycles. The Morgan fingerprint density at radius 1 is 1.15 bits per heavy atom. The molecule has 102 valence electrons. The van der Waals surface area contributed by atoms with Gasteiger partial charge in [0.05, 0.1) is 11.0 Å². The molecule has 3 aromatic rings. The largest absolute Gasteiger partial charge is 0.296 e. The van der Waals surface area contributed by atoms with Gasteiger partial charge in [0.25, 0.3) is 0 Å². The summed E-state index contributed by atoms with van der Waals surface area (Å²) in [4.78, 5) is 4.66. The number of aromatic nitrogens is 2. The summed E-state index contributed by atoms with van der Waals surface area (Å²) in [7, 11) is 0. The number of benzene rings is 2. The van der Waals surface area contributed by atoms with Crippen LogP contribution in [0.3, 0.4) is 0 Å². The van der Waals surface area contributed by atoms with Crippen LogP contribution in [-0.2, 0) is 6.42 Å². The molecule has 0 amide bonds. The van der Waals surface area contributed by atoms with E-state index in [4.69, 9.17) is 23.2 Å². The Labute approximate surface area is 128 Å². The van der Waals surface area contributed by atoms with Gasteiger partial charge in [-0.3, -0.25) is 4.57 Å². The second kappa shape index (κ2) is 5.47. The highest BCUT2D eigenvalue weighted by Gasteiger charge is 2.12. The van der Waals surface area contributed by atoms with Crippen molar-refractivity contribution in [1.29, 1.82) is 0 Å². The van der Waals surface area contributed by atoms with Gasteiger partial charge in [0, 0.05) is 23.0 Å². The summed E-state index contributed by atoms with van der Waals surface area (Å²) in [5.74, 6) is 1.51. The van der Waals surface area contributed by atoms with E-state index in [0.29, 0.717) is 10.9 Å². The zero-order valence-electron chi connectivity index (χ0n) is 11.1. The molecule has 0 unspecified atom stereocenters. The lowest BCUT2D eigenvalue weighted by Gasteiger charge is -2.09. The van der Waals surface area contributed by atoms with E-state index in [1.54, 1.807) is 0 Å². The van der Waals surface area contributed by atoms with E-state index in [9.17, 15) is 0 Å². The monoisotopic (exact) mass is 304 g/mol. The molecule has 0 fully saturated rings. The fraction of sp³-hybridized carbons (Fsp3) is 0.188. The zero-order valence-corrected chi connectivity index (χ0v) is 12.6. The average molecular weight is 305 g/mol. The molecule has 4 heteroatoms. The van der Waals surface area contributed by atoms with Gasteiger partial charge in [-0.1, -0.05) is 23.7 Å². The second-order valence-corrected chi connectivity index (χ2v) is 5.59. The Hall–Kier alpha value is -1.51. The van der Waals surface area contributed by atoms with Crippen LogP contribution in [0, 0.1) is 6.92 Å². The molecule has 20 heavy (non-hydrogen) atoms. The van der Waals surface area contributed by atoms with E-state index in [2.05, 4.69) is 40.7 Å². The normalized spacial score (nSPS) is 11.2. The van der Waals surface area contributed by atoms with Crippen LogP contribution < -0.4 is 0 Å².